The molecule has 0 spiro atoms. The zero-order valence-electron chi connectivity index (χ0n) is 15.8. The van der Waals surface area contributed by atoms with Gasteiger partial charge in [-0.2, -0.15) is 0 Å². The number of anilines is 1. The fraction of sp³-hybridized carbons (Fsp3) is 0.0870. The van der Waals surface area contributed by atoms with Crippen molar-refractivity contribution in [1.29, 1.82) is 0 Å². The van der Waals surface area contributed by atoms with Crippen LogP contribution in [0, 0.1) is 0 Å². The van der Waals surface area contributed by atoms with Crippen molar-refractivity contribution in [2.24, 2.45) is 0 Å². The lowest BCUT2D eigenvalue weighted by Gasteiger charge is -2.07. The number of para-hydroxylation sites is 2. The van der Waals surface area contributed by atoms with Crippen LogP contribution >= 0.6 is 11.8 Å². The first kappa shape index (κ1) is 19.0. The highest BCUT2D eigenvalue weighted by molar-refractivity contribution is 7.98. The Morgan fingerprint density at radius 3 is 2.52 bits per heavy atom. The van der Waals surface area contributed by atoms with Crippen LogP contribution in [-0.2, 0) is 5.75 Å². The smallest absolute Gasteiger partial charge is 0.255 e. The van der Waals surface area contributed by atoms with Gasteiger partial charge in [0, 0.05) is 22.6 Å². The summed E-state index contributed by atoms with van der Waals surface area (Å²) in [6.45, 7) is 1.50. The Labute approximate surface area is 172 Å². The molecule has 29 heavy (non-hydrogen) atoms. The van der Waals surface area contributed by atoms with Crippen LogP contribution in [0.5, 0.6) is 0 Å². The maximum Gasteiger partial charge on any atom is 0.255 e. The molecular formula is C23H19N3O2S. The Morgan fingerprint density at radius 2 is 1.76 bits per heavy atom. The van der Waals surface area contributed by atoms with E-state index in [1.54, 1.807) is 48.2 Å². The molecule has 0 aliphatic carbocycles. The predicted molar refractivity (Wildman–Crippen MR) is 116 cm³/mol. The minimum absolute atomic E-state index is 0.0348. The highest BCUT2D eigenvalue weighted by atomic mass is 32.2. The highest BCUT2D eigenvalue weighted by Crippen LogP contribution is 2.23. The monoisotopic (exact) mass is 401 g/mol. The maximum absolute atomic E-state index is 12.5. The molecule has 1 heterocycles. The van der Waals surface area contributed by atoms with Crippen LogP contribution in [0.2, 0.25) is 0 Å². The number of aromatic nitrogens is 2. The van der Waals surface area contributed by atoms with E-state index in [2.05, 4.69) is 15.3 Å². The Balaban J connectivity index is 1.38. The van der Waals surface area contributed by atoms with Gasteiger partial charge in [0.05, 0.1) is 11.0 Å². The molecule has 0 atom stereocenters. The molecule has 6 heteroatoms. The Kier molecular flexibility index (Phi) is 5.44. The maximum atomic E-state index is 12.5. The number of nitrogens with zero attached hydrogens (tertiary/aromatic N) is 1. The molecule has 3 aromatic carbocycles. The molecule has 4 rings (SSSR count). The molecule has 0 saturated heterocycles. The van der Waals surface area contributed by atoms with Gasteiger partial charge < -0.3 is 10.3 Å². The van der Waals surface area contributed by atoms with E-state index in [0.717, 1.165) is 27.5 Å². The number of H-pyrrole nitrogens is 1. The number of carbonyl (C=O) groups is 2. The van der Waals surface area contributed by atoms with Gasteiger partial charge in [0.25, 0.3) is 5.91 Å². The molecular weight excluding hydrogens is 382 g/mol. The highest BCUT2D eigenvalue weighted by Gasteiger charge is 2.08. The average Bonchev–Trinajstić information content (AvgIpc) is 3.16. The number of hydrogen-bond acceptors (Lipinski definition) is 4. The van der Waals surface area contributed by atoms with E-state index < -0.39 is 0 Å². The lowest BCUT2D eigenvalue weighted by molar-refractivity contribution is 0.101. The van der Waals surface area contributed by atoms with Gasteiger partial charge in [0.1, 0.15) is 0 Å². The summed E-state index contributed by atoms with van der Waals surface area (Å²) in [6, 6.07) is 22.4. The van der Waals surface area contributed by atoms with Crippen molar-refractivity contribution < 1.29 is 9.59 Å². The van der Waals surface area contributed by atoms with Gasteiger partial charge in [0.15, 0.2) is 10.9 Å². The number of ketones is 1. The summed E-state index contributed by atoms with van der Waals surface area (Å²) in [5.74, 6) is 0.511. The first-order valence-electron chi connectivity index (χ1n) is 9.17. The van der Waals surface area contributed by atoms with Crippen molar-refractivity contribution in [3.05, 3.63) is 89.5 Å². The quantitative estimate of drug-likeness (QED) is 0.339. The lowest BCUT2D eigenvalue weighted by Crippen LogP contribution is -2.12. The second kappa shape index (κ2) is 8.32. The van der Waals surface area contributed by atoms with Gasteiger partial charge in [-0.15, -0.1) is 0 Å². The Bertz CT molecular complexity index is 1150. The number of amides is 1. The molecule has 1 aromatic heterocycles. The van der Waals surface area contributed by atoms with E-state index >= 15 is 0 Å². The molecule has 0 unspecified atom stereocenters. The number of nitrogens with one attached hydrogen (secondary N) is 2. The van der Waals surface area contributed by atoms with E-state index in [1.807, 2.05) is 36.4 Å². The fourth-order valence-electron chi connectivity index (χ4n) is 2.92. The van der Waals surface area contributed by atoms with Gasteiger partial charge >= 0.3 is 0 Å². The zero-order chi connectivity index (χ0) is 20.2. The first-order valence-corrected chi connectivity index (χ1v) is 10.2. The molecule has 0 aliphatic rings. The van der Waals surface area contributed by atoms with Crippen LogP contribution in [0.15, 0.2) is 78.0 Å². The van der Waals surface area contributed by atoms with E-state index in [4.69, 9.17) is 0 Å². The molecule has 1 amide bonds. The van der Waals surface area contributed by atoms with Crippen LogP contribution in [0.4, 0.5) is 5.69 Å². The van der Waals surface area contributed by atoms with Crippen LogP contribution in [0.1, 0.15) is 33.2 Å². The molecule has 5 nitrogen and oxygen atoms in total. The summed E-state index contributed by atoms with van der Waals surface area (Å²) in [5.41, 5.74) is 4.82. The second-order valence-electron chi connectivity index (χ2n) is 6.64. The third-order valence-corrected chi connectivity index (χ3v) is 5.43. The molecule has 4 aromatic rings. The van der Waals surface area contributed by atoms with Gasteiger partial charge in [-0.05, 0) is 48.9 Å². The van der Waals surface area contributed by atoms with Crippen molar-refractivity contribution >= 4 is 40.2 Å². The average molecular weight is 401 g/mol. The van der Waals surface area contributed by atoms with E-state index in [-0.39, 0.29) is 11.7 Å². The van der Waals surface area contributed by atoms with Crippen molar-refractivity contribution in [2.75, 3.05) is 5.32 Å². The van der Waals surface area contributed by atoms with Crippen molar-refractivity contribution in [1.82, 2.24) is 9.97 Å². The van der Waals surface area contributed by atoms with Crippen LogP contribution in [-0.4, -0.2) is 21.7 Å². The molecule has 0 bridgehead atoms. The minimum Gasteiger partial charge on any atom is -0.333 e. The SMILES string of the molecule is CC(=O)c1cccc(NC(=O)c2ccc(CSc3nc4ccccc4[nH]3)cc2)c1. The zero-order valence-corrected chi connectivity index (χ0v) is 16.6. The predicted octanol–water partition coefficient (Wildman–Crippen LogP) is 5.31. The van der Waals surface area contributed by atoms with Crippen molar-refractivity contribution in [3.8, 4) is 0 Å². The number of carbonyl (C=O) groups excluding carboxylic acids is 2. The standard InChI is InChI=1S/C23H19N3O2S/c1-15(27)18-5-4-6-19(13-18)24-22(28)17-11-9-16(10-12-17)14-29-23-25-20-7-2-3-8-21(20)26-23/h2-13H,14H2,1H3,(H,24,28)(H,25,26). The molecule has 0 radical (unpaired) electrons. The van der Waals surface area contributed by atoms with Crippen molar-refractivity contribution in [2.45, 2.75) is 17.8 Å². The Hall–Kier alpha value is -3.38. The number of benzene rings is 3. The first-order chi connectivity index (χ1) is 14.1. The molecule has 0 saturated carbocycles. The summed E-state index contributed by atoms with van der Waals surface area (Å²) in [4.78, 5) is 31.8. The molecule has 2 N–H and O–H groups in total. The minimum atomic E-state index is -0.206. The van der Waals surface area contributed by atoms with Gasteiger partial charge in [-0.3, -0.25) is 9.59 Å². The Morgan fingerprint density at radius 1 is 0.966 bits per heavy atom. The van der Waals surface area contributed by atoms with Gasteiger partial charge in [0.2, 0.25) is 0 Å². The summed E-state index contributed by atoms with van der Waals surface area (Å²) in [6.07, 6.45) is 0. The topological polar surface area (TPSA) is 74.8 Å². The summed E-state index contributed by atoms with van der Waals surface area (Å²) in [5, 5.41) is 3.71. The third-order valence-electron chi connectivity index (χ3n) is 4.49. The van der Waals surface area contributed by atoms with Gasteiger partial charge in [-0.25, -0.2) is 4.98 Å². The molecule has 144 valence electrons. The number of rotatable bonds is 6. The van der Waals surface area contributed by atoms with E-state index in [0.29, 0.717) is 16.8 Å². The number of hydrogen-bond donors (Lipinski definition) is 2. The van der Waals surface area contributed by atoms with E-state index in [1.165, 1.54) is 6.92 Å². The fourth-order valence-corrected chi connectivity index (χ4v) is 3.76. The second-order valence-corrected chi connectivity index (χ2v) is 7.60. The number of fused-ring (bicyclic) bond motifs is 1. The van der Waals surface area contributed by atoms with E-state index in [9.17, 15) is 9.59 Å². The number of thioether (sulfide) groups is 1. The van der Waals surface area contributed by atoms with Gasteiger partial charge in [-0.1, -0.05) is 48.2 Å². The largest absolute Gasteiger partial charge is 0.333 e. The molecule has 0 aliphatic heterocycles. The van der Waals surface area contributed by atoms with Crippen LogP contribution in [0.3, 0.4) is 0 Å². The van der Waals surface area contributed by atoms with Crippen LogP contribution < -0.4 is 5.32 Å². The van der Waals surface area contributed by atoms with Crippen LogP contribution in [0.25, 0.3) is 11.0 Å². The number of aromatic amines is 1. The van der Waals surface area contributed by atoms with Crippen molar-refractivity contribution in [3.63, 3.8) is 0 Å². The summed E-state index contributed by atoms with van der Waals surface area (Å²) in [7, 11) is 0. The lowest BCUT2D eigenvalue weighted by atomic mass is 10.1. The normalized spacial score (nSPS) is 10.8. The number of imidazole rings is 1. The summed E-state index contributed by atoms with van der Waals surface area (Å²) >= 11 is 1.62. The molecule has 0 fully saturated rings. The number of Topliss-reactive ketones (excluding diaryl/α,β-unsaturated/α-hetero) is 1. The summed E-state index contributed by atoms with van der Waals surface area (Å²) < 4.78 is 0. The third kappa shape index (κ3) is 4.55.